The quantitative estimate of drug-likeness (QED) is 0.922. The number of alkyl halides is 3. The van der Waals surface area contributed by atoms with Crippen LogP contribution in [0.2, 0.25) is 0 Å². The molecule has 3 rings (SSSR count). The summed E-state index contributed by atoms with van der Waals surface area (Å²) in [5.74, 6) is -0.265. The second-order valence-corrected chi connectivity index (χ2v) is 5.65. The molecule has 0 fully saturated rings. The van der Waals surface area contributed by atoms with Crippen molar-refractivity contribution in [2.75, 3.05) is 11.5 Å². The van der Waals surface area contributed by atoms with Crippen molar-refractivity contribution >= 4 is 11.6 Å². The molecule has 1 aromatic heterocycles. The number of ether oxygens (including phenoxy) is 1. The summed E-state index contributed by atoms with van der Waals surface area (Å²) >= 11 is 0. The van der Waals surface area contributed by atoms with Crippen molar-refractivity contribution in [3.63, 3.8) is 0 Å². The van der Waals surface area contributed by atoms with E-state index in [2.05, 4.69) is 4.98 Å². The van der Waals surface area contributed by atoms with Crippen LogP contribution in [0, 0.1) is 0 Å². The summed E-state index contributed by atoms with van der Waals surface area (Å²) < 4.78 is 45.9. The molecule has 0 saturated heterocycles. The highest BCUT2D eigenvalue weighted by Crippen LogP contribution is 2.39. The lowest BCUT2D eigenvalue weighted by Gasteiger charge is -2.30. The first kappa shape index (κ1) is 17.2. The summed E-state index contributed by atoms with van der Waals surface area (Å²) in [7, 11) is 0. The van der Waals surface area contributed by atoms with E-state index in [9.17, 15) is 23.1 Å². The normalized spacial score (nSPS) is 15.6. The Morgan fingerprint density at radius 3 is 2.76 bits per heavy atom. The molecule has 0 bridgehead atoms. The number of aliphatic hydroxyl groups excluding tert-OH is 1. The molecule has 2 aromatic rings. The molecule has 1 amide bonds. The van der Waals surface area contributed by atoms with Crippen LogP contribution in [-0.4, -0.2) is 22.6 Å². The minimum Gasteiger partial charge on any atom is -0.466 e. The van der Waals surface area contributed by atoms with Crippen molar-refractivity contribution in [3.05, 3.63) is 53.2 Å². The van der Waals surface area contributed by atoms with E-state index in [1.54, 1.807) is 12.1 Å². The van der Waals surface area contributed by atoms with Gasteiger partial charge in [-0.1, -0.05) is 18.2 Å². The van der Waals surface area contributed by atoms with Crippen LogP contribution in [0.15, 0.2) is 36.5 Å². The highest BCUT2D eigenvalue weighted by Gasteiger charge is 2.38. The van der Waals surface area contributed by atoms with E-state index >= 15 is 0 Å². The molecule has 5 nitrogen and oxygen atoms in total. The molecule has 1 aliphatic rings. The molecule has 0 radical (unpaired) electrons. The van der Waals surface area contributed by atoms with Crippen molar-refractivity contribution in [3.8, 4) is 5.88 Å². The number of pyridine rings is 1. The SMILES string of the molecule is CC(O)c1cccc(CN2C(=O)COc3ncccc32)c1C(F)(F)F. The topological polar surface area (TPSA) is 62.7 Å². The van der Waals surface area contributed by atoms with Gasteiger partial charge in [-0.3, -0.25) is 4.79 Å². The van der Waals surface area contributed by atoms with Crippen molar-refractivity contribution < 1.29 is 27.8 Å². The van der Waals surface area contributed by atoms with Crippen LogP contribution in [-0.2, 0) is 17.5 Å². The van der Waals surface area contributed by atoms with Crippen LogP contribution < -0.4 is 9.64 Å². The van der Waals surface area contributed by atoms with Crippen LogP contribution >= 0.6 is 0 Å². The first-order chi connectivity index (χ1) is 11.8. The molecule has 1 aromatic carbocycles. The lowest BCUT2D eigenvalue weighted by Crippen LogP contribution is -2.39. The maximum Gasteiger partial charge on any atom is 0.417 e. The number of amides is 1. The molecule has 1 unspecified atom stereocenters. The summed E-state index contributed by atoms with van der Waals surface area (Å²) in [5.41, 5.74) is -0.933. The average molecular weight is 352 g/mol. The Morgan fingerprint density at radius 1 is 1.32 bits per heavy atom. The van der Waals surface area contributed by atoms with Gasteiger partial charge in [0, 0.05) is 6.20 Å². The average Bonchev–Trinajstić information content (AvgIpc) is 2.56. The van der Waals surface area contributed by atoms with Crippen molar-refractivity contribution in [2.24, 2.45) is 0 Å². The first-order valence-electron chi connectivity index (χ1n) is 7.54. The predicted molar refractivity (Wildman–Crippen MR) is 83.0 cm³/mol. The Bertz CT molecular complexity index is 806. The third-order valence-electron chi connectivity index (χ3n) is 3.92. The summed E-state index contributed by atoms with van der Waals surface area (Å²) in [6, 6.07) is 7.10. The number of rotatable bonds is 3. The summed E-state index contributed by atoms with van der Waals surface area (Å²) in [6.45, 7) is 0.686. The molecular formula is C17H15F3N2O3. The van der Waals surface area contributed by atoms with Crippen LogP contribution in [0.3, 0.4) is 0 Å². The number of nitrogens with zero attached hydrogens (tertiary/aromatic N) is 2. The minimum atomic E-state index is -4.66. The molecule has 132 valence electrons. The zero-order chi connectivity index (χ0) is 18.2. The molecule has 2 heterocycles. The number of fused-ring (bicyclic) bond motifs is 1. The molecule has 1 atom stereocenters. The van der Waals surface area contributed by atoms with Crippen LogP contribution in [0.25, 0.3) is 0 Å². The highest BCUT2D eigenvalue weighted by molar-refractivity contribution is 5.97. The smallest absolute Gasteiger partial charge is 0.417 e. The van der Waals surface area contributed by atoms with Crippen molar-refractivity contribution in [1.82, 2.24) is 4.98 Å². The van der Waals surface area contributed by atoms with Crippen molar-refractivity contribution in [1.29, 1.82) is 0 Å². The van der Waals surface area contributed by atoms with Crippen LogP contribution in [0.1, 0.15) is 29.7 Å². The van der Waals surface area contributed by atoms with Gasteiger partial charge in [-0.05, 0) is 30.2 Å². The Labute approximate surface area is 141 Å². The predicted octanol–water partition coefficient (Wildman–Crippen LogP) is 3.08. The van der Waals surface area contributed by atoms with Gasteiger partial charge in [0.2, 0.25) is 5.88 Å². The van der Waals surface area contributed by atoms with Gasteiger partial charge in [0.05, 0.1) is 18.2 Å². The van der Waals surface area contributed by atoms with Gasteiger partial charge in [0.25, 0.3) is 5.91 Å². The number of carbonyl (C=O) groups is 1. The monoisotopic (exact) mass is 352 g/mol. The fourth-order valence-corrected chi connectivity index (χ4v) is 2.83. The second kappa shape index (κ2) is 6.36. The summed E-state index contributed by atoms with van der Waals surface area (Å²) in [4.78, 5) is 17.4. The Morgan fingerprint density at radius 2 is 2.08 bits per heavy atom. The lowest BCUT2D eigenvalue weighted by atomic mass is 9.96. The molecule has 25 heavy (non-hydrogen) atoms. The number of aromatic nitrogens is 1. The van der Waals surface area contributed by atoms with Gasteiger partial charge in [-0.15, -0.1) is 0 Å². The minimum absolute atomic E-state index is 0.101. The number of halogens is 3. The van der Waals surface area contributed by atoms with Crippen LogP contribution in [0.4, 0.5) is 18.9 Å². The Balaban J connectivity index is 2.07. The number of carbonyl (C=O) groups excluding carboxylic acids is 1. The van der Waals surface area contributed by atoms with Gasteiger partial charge in [-0.25, -0.2) is 4.98 Å². The van der Waals surface area contributed by atoms with Gasteiger partial charge in [0.15, 0.2) is 6.61 Å². The van der Waals surface area contributed by atoms with E-state index in [0.717, 1.165) is 0 Å². The molecule has 0 spiro atoms. The largest absolute Gasteiger partial charge is 0.466 e. The fraction of sp³-hybridized carbons (Fsp3) is 0.294. The van der Waals surface area contributed by atoms with Gasteiger partial charge in [-0.2, -0.15) is 13.2 Å². The second-order valence-electron chi connectivity index (χ2n) is 5.65. The molecule has 1 N–H and O–H groups in total. The summed E-state index contributed by atoms with van der Waals surface area (Å²) in [6.07, 6.45) is -4.47. The van der Waals surface area contributed by atoms with Gasteiger partial charge >= 0.3 is 6.18 Å². The number of hydrogen-bond donors (Lipinski definition) is 1. The van der Waals surface area contributed by atoms with E-state index < -0.39 is 23.8 Å². The molecule has 8 heteroatoms. The highest BCUT2D eigenvalue weighted by atomic mass is 19.4. The third-order valence-corrected chi connectivity index (χ3v) is 3.92. The number of aliphatic hydroxyl groups is 1. The zero-order valence-electron chi connectivity index (χ0n) is 13.2. The Hall–Kier alpha value is -2.61. The van der Waals surface area contributed by atoms with Gasteiger partial charge < -0.3 is 14.7 Å². The molecule has 0 aliphatic carbocycles. The zero-order valence-corrected chi connectivity index (χ0v) is 13.2. The molecule has 1 aliphatic heterocycles. The number of benzene rings is 1. The molecular weight excluding hydrogens is 337 g/mol. The molecule has 0 saturated carbocycles. The van der Waals surface area contributed by atoms with E-state index in [0.29, 0.717) is 5.69 Å². The standard InChI is InChI=1S/C17H15F3N2O3/c1-10(23)12-5-2-4-11(15(12)17(18,19)20)8-22-13-6-3-7-21-16(13)25-9-14(22)24/h2-7,10,23H,8-9H2,1H3. The van der Waals surface area contributed by atoms with Crippen LogP contribution in [0.5, 0.6) is 5.88 Å². The van der Waals surface area contributed by atoms with E-state index in [-0.39, 0.29) is 30.2 Å². The van der Waals surface area contributed by atoms with Gasteiger partial charge in [0.1, 0.15) is 5.69 Å². The fourth-order valence-electron chi connectivity index (χ4n) is 2.83. The third kappa shape index (κ3) is 3.30. The van der Waals surface area contributed by atoms with E-state index in [1.165, 1.54) is 36.2 Å². The summed E-state index contributed by atoms with van der Waals surface area (Å²) in [5, 5.41) is 9.70. The maximum absolute atomic E-state index is 13.6. The van der Waals surface area contributed by atoms with E-state index in [4.69, 9.17) is 4.74 Å². The van der Waals surface area contributed by atoms with E-state index in [1.807, 2.05) is 0 Å². The van der Waals surface area contributed by atoms with Crippen molar-refractivity contribution in [2.45, 2.75) is 25.7 Å². The number of hydrogen-bond acceptors (Lipinski definition) is 4. The first-order valence-corrected chi connectivity index (χ1v) is 7.54. The number of anilines is 1. The Kier molecular flexibility index (Phi) is 4.38. The maximum atomic E-state index is 13.6. The lowest BCUT2D eigenvalue weighted by molar-refractivity contribution is -0.140.